The van der Waals surface area contributed by atoms with E-state index in [9.17, 15) is 5.11 Å². The first-order chi connectivity index (χ1) is 6.24. The maximum atomic E-state index is 10.1. The normalized spacial score (nSPS) is 11.3. The Balaban J connectivity index is 2.79. The average molecular weight is 175 g/mol. The SMILES string of the molecule is CC(C)c1cccc(CC=C[O])c1. The Morgan fingerprint density at radius 1 is 1.38 bits per heavy atom. The molecule has 0 aromatic heterocycles. The van der Waals surface area contributed by atoms with Gasteiger partial charge >= 0.3 is 0 Å². The highest BCUT2D eigenvalue weighted by Crippen LogP contribution is 2.15. The molecule has 0 aliphatic heterocycles. The van der Waals surface area contributed by atoms with Crippen molar-refractivity contribution in [3.63, 3.8) is 0 Å². The molecule has 13 heavy (non-hydrogen) atoms. The van der Waals surface area contributed by atoms with Crippen molar-refractivity contribution in [3.8, 4) is 0 Å². The Morgan fingerprint density at radius 3 is 2.77 bits per heavy atom. The van der Waals surface area contributed by atoms with Gasteiger partial charge in [0.25, 0.3) is 0 Å². The summed E-state index contributed by atoms with van der Waals surface area (Å²) < 4.78 is 0. The Kier molecular flexibility index (Phi) is 3.56. The van der Waals surface area contributed by atoms with Crippen LogP contribution in [0.3, 0.4) is 0 Å². The quantitative estimate of drug-likeness (QED) is 0.628. The third-order valence-electron chi connectivity index (χ3n) is 2.07. The van der Waals surface area contributed by atoms with E-state index in [1.54, 1.807) is 6.08 Å². The van der Waals surface area contributed by atoms with Crippen molar-refractivity contribution < 1.29 is 5.11 Å². The van der Waals surface area contributed by atoms with Crippen LogP contribution in [0.15, 0.2) is 36.6 Å². The summed E-state index contributed by atoms with van der Waals surface area (Å²) in [5, 5.41) is 10.1. The minimum absolute atomic E-state index is 0.552. The Morgan fingerprint density at radius 2 is 2.15 bits per heavy atom. The summed E-state index contributed by atoms with van der Waals surface area (Å²) in [6.45, 7) is 4.34. The smallest absolute Gasteiger partial charge is 0.139 e. The first-order valence-electron chi connectivity index (χ1n) is 4.60. The van der Waals surface area contributed by atoms with Crippen LogP contribution in [0, 0.1) is 0 Å². The van der Waals surface area contributed by atoms with Gasteiger partial charge in [-0.05, 0) is 29.5 Å². The molecule has 0 bridgehead atoms. The van der Waals surface area contributed by atoms with Crippen molar-refractivity contribution in [3.05, 3.63) is 47.7 Å². The van der Waals surface area contributed by atoms with Crippen LogP contribution in [-0.2, 0) is 11.5 Å². The van der Waals surface area contributed by atoms with Gasteiger partial charge in [0.2, 0.25) is 0 Å². The first kappa shape index (κ1) is 9.85. The molecule has 1 radical (unpaired) electrons. The van der Waals surface area contributed by atoms with E-state index in [0.29, 0.717) is 5.92 Å². The lowest BCUT2D eigenvalue weighted by Gasteiger charge is -2.06. The minimum Gasteiger partial charge on any atom is -0.299 e. The highest BCUT2D eigenvalue weighted by atomic mass is 16.2. The van der Waals surface area contributed by atoms with Crippen molar-refractivity contribution in [1.82, 2.24) is 0 Å². The zero-order valence-corrected chi connectivity index (χ0v) is 8.16. The van der Waals surface area contributed by atoms with Gasteiger partial charge < -0.3 is 0 Å². The number of hydrogen-bond acceptors (Lipinski definition) is 0. The molecule has 0 saturated carbocycles. The van der Waals surface area contributed by atoms with E-state index in [2.05, 4.69) is 26.0 Å². The Hall–Kier alpha value is -1.24. The van der Waals surface area contributed by atoms with E-state index in [0.717, 1.165) is 12.7 Å². The second-order valence-corrected chi connectivity index (χ2v) is 3.48. The third kappa shape index (κ3) is 2.94. The van der Waals surface area contributed by atoms with E-state index in [1.807, 2.05) is 12.1 Å². The van der Waals surface area contributed by atoms with Crippen LogP contribution < -0.4 is 0 Å². The number of allylic oxidation sites excluding steroid dienone is 1. The summed E-state index contributed by atoms with van der Waals surface area (Å²) >= 11 is 0. The second kappa shape index (κ2) is 4.70. The van der Waals surface area contributed by atoms with Gasteiger partial charge in [-0.1, -0.05) is 38.1 Å². The van der Waals surface area contributed by atoms with Crippen LogP contribution in [-0.4, -0.2) is 0 Å². The van der Waals surface area contributed by atoms with Crippen LogP contribution in [0.25, 0.3) is 0 Å². The highest BCUT2D eigenvalue weighted by Gasteiger charge is 1.98. The lowest BCUT2D eigenvalue weighted by molar-refractivity contribution is 0.350. The van der Waals surface area contributed by atoms with Gasteiger partial charge in [-0.15, -0.1) is 0 Å². The van der Waals surface area contributed by atoms with Gasteiger partial charge in [0.15, 0.2) is 0 Å². The van der Waals surface area contributed by atoms with E-state index in [1.165, 1.54) is 11.1 Å². The molecule has 1 heteroatoms. The average Bonchev–Trinajstić information content (AvgIpc) is 2.15. The molecule has 0 heterocycles. The molecule has 0 amide bonds. The minimum atomic E-state index is 0.552. The van der Waals surface area contributed by atoms with E-state index in [4.69, 9.17) is 0 Å². The van der Waals surface area contributed by atoms with E-state index in [-0.39, 0.29) is 0 Å². The van der Waals surface area contributed by atoms with E-state index >= 15 is 0 Å². The lowest BCUT2D eigenvalue weighted by Crippen LogP contribution is -1.89. The molecule has 0 N–H and O–H groups in total. The number of hydrogen-bond donors (Lipinski definition) is 0. The van der Waals surface area contributed by atoms with Gasteiger partial charge in [-0.2, -0.15) is 0 Å². The van der Waals surface area contributed by atoms with Crippen LogP contribution in [0.2, 0.25) is 0 Å². The van der Waals surface area contributed by atoms with Gasteiger partial charge in [-0.25, -0.2) is 0 Å². The fraction of sp³-hybridized carbons (Fsp3) is 0.333. The molecule has 1 rings (SSSR count). The number of benzene rings is 1. The van der Waals surface area contributed by atoms with Crippen molar-refractivity contribution in [2.75, 3.05) is 0 Å². The first-order valence-corrected chi connectivity index (χ1v) is 4.60. The molecule has 0 spiro atoms. The van der Waals surface area contributed by atoms with E-state index < -0.39 is 0 Å². The lowest BCUT2D eigenvalue weighted by atomic mass is 10.00. The van der Waals surface area contributed by atoms with Gasteiger partial charge in [0, 0.05) is 0 Å². The predicted octanol–water partition coefficient (Wildman–Crippen LogP) is 3.30. The zero-order valence-electron chi connectivity index (χ0n) is 8.16. The summed E-state index contributed by atoms with van der Waals surface area (Å²) in [5.74, 6) is 0.552. The third-order valence-corrected chi connectivity index (χ3v) is 2.07. The van der Waals surface area contributed by atoms with Crippen LogP contribution >= 0.6 is 0 Å². The van der Waals surface area contributed by atoms with Crippen molar-refractivity contribution in [2.24, 2.45) is 0 Å². The van der Waals surface area contributed by atoms with Crippen LogP contribution in [0.4, 0.5) is 0 Å². The molecule has 1 aromatic carbocycles. The molecule has 1 aromatic rings. The molecule has 0 aliphatic carbocycles. The Labute approximate surface area is 79.7 Å². The molecular weight excluding hydrogens is 160 g/mol. The second-order valence-electron chi connectivity index (χ2n) is 3.48. The summed E-state index contributed by atoms with van der Waals surface area (Å²) in [7, 11) is 0. The van der Waals surface area contributed by atoms with Gasteiger partial charge in [-0.3, -0.25) is 5.11 Å². The largest absolute Gasteiger partial charge is 0.299 e. The molecule has 69 valence electrons. The standard InChI is InChI=1S/C12H15O/c1-10(2)12-7-3-5-11(9-12)6-4-8-13/h3-5,7-10H,6H2,1-2H3. The Bertz CT molecular complexity index is 287. The fourth-order valence-electron chi connectivity index (χ4n) is 1.26. The molecule has 1 nitrogen and oxygen atoms in total. The topological polar surface area (TPSA) is 19.9 Å². The molecule has 0 aliphatic rings. The fourth-order valence-corrected chi connectivity index (χ4v) is 1.26. The van der Waals surface area contributed by atoms with Crippen molar-refractivity contribution in [1.29, 1.82) is 0 Å². The van der Waals surface area contributed by atoms with Crippen LogP contribution in [0.5, 0.6) is 0 Å². The zero-order chi connectivity index (χ0) is 9.68. The molecule has 0 fully saturated rings. The van der Waals surface area contributed by atoms with Gasteiger partial charge in [0.05, 0.1) is 0 Å². The maximum Gasteiger partial charge on any atom is 0.139 e. The highest BCUT2D eigenvalue weighted by molar-refractivity contribution is 5.26. The summed E-state index contributed by atoms with van der Waals surface area (Å²) in [4.78, 5) is 0. The summed E-state index contributed by atoms with van der Waals surface area (Å²) in [5.41, 5.74) is 2.54. The molecule has 0 atom stereocenters. The summed E-state index contributed by atoms with van der Waals surface area (Å²) in [6.07, 6.45) is 3.23. The van der Waals surface area contributed by atoms with Crippen LogP contribution in [0.1, 0.15) is 30.9 Å². The number of rotatable bonds is 3. The van der Waals surface area contributed by atoms with Crippen molar-refractivity contribution >= 4 is 0 Å². The summed E-state index contributed by atoms with van der Waals surface area (Å²) in [6, 6.07) is 8.37. The van der Waals surface area contributed by atoms with Gasteiger partial charge in [0.1, 0.15) is 6.26 Å². The maximum absolute atomic E-state index is 10.1. The molecule has 0 unspecified atom stereocenters. The monoisotopic (exact) mass is 175 g/mol. The predicted molar refractivity (Wildman–Crippen MR) is 54.1 cm³/mol. The molecule has 0 saturated heterocycles. The van der Waals surface area contributed by atoms with Crippen molar-refractivity contribution in [2.45, 2.75) is 26.2 Å². The molecular formula is C12H15O.